The van der Waals surface area contributed by atoms with E-state index in [2.05, 4.69) is 0 Å². The van der Waals surface area contributed by atoms with Crippen molar-refractivity contribution in [2.45, 2.75) is 76.3 Å². The van der Waals surface area contributed by atoms with Crippen LogP contribution in [0.1, 0.15) is 75.3 Å². The van der Waals surface area contributed by atoms with Gasteiger partial charge in [-0.3, -0.25) is 14.5 Å². The summed E-state index contributed by atoms with van der Waals surface area (Å²) in [4.78, 5) is 34.1. The van der Waals surface area contributed by atoms with E-state index in [1.165, 1.54) is 25.7 Å². The predicted octanol–water partition coefficient (Wildman–Crippen LogP) is 2.34. The van der Waals surface area contributed by atoms with Crippen LogP contribution in [0.5, 0.6) is 0 Å². The zero-order chi connectivity index (χ0) is 20.0. The van der Waals surface area contributed by atoms with Crippen LogP contribution in [0.2, 0.25) is 0 Å². The first-order chi connectivity index (χ1) is 14.1. The summed E-state index contributed by atoms with van der Waals surface area (Å²) in [6, 6.07) is 0.183. The van der Waals surface area contributed by atoms with E-state index in [0.717, 1.165) is 32.1 Å². The van der Waals surface area contributed by atoms with E-state index in [4.69, 9.17) is 14.8 Å². The van der Waals surface area contributed by atoms with Gasteiger partial charge in [0, 0.05) is 32.0 Å². The molecule has 3 fully saturated rings. The molecule has 0 radical (unpaired) electrons. The lowest BCUT2D eigenvalue weighted by atomic mass is 9.64. The second kappa shape index (κ2) is 7.38. The van der Waals surface area contributed by atoms with E-state index in [0.29, 0.717) is 38.2 Å². The van der Waals surface area contributed by atoms with Gasteiger partial charge in [-0.1, -0.05) is 32.1 Å². The number of ether oxygens (including phenoxy) is 1. The first-order valence-electron chi connectivity index (χ1n) is 11.3. The molecule has 2 aliphatic heterocycles. The van der Waals surface area contributed by atoms with Crippen molar-refractivity contribution in [3.63, 3.8) is 0 Å². The number of rotatable bonds is 1. The number of aromatic nitrogens is 3. The van der Waals surface area contributed by atoms with Gasteiger partial charge in [-0.15, -0.1) is 5.10 Å². The molecule has 2 saturated carbocycles. The van der Waals surface area contributed by atoms with Crippen molar-refractivity contribution in [2.75, 3.05) is 31.2 Å². The van der Waals surface area contributed by atoms with Gasteiger partial charge in [0.15, 0.2) is 0 Å². The van der Waals surface area contributed by atoms with Crippen molar-refractivity contribution in [3.8, 4) is 0 Å². The summed E-state index contributed by atoms with van der Waals surface area (Å²) < 4.78 is 7.38. The van der Waals surface area contributed by atoms with E-state index in [9.17, 15) is 9.59 Å². The minimum atomic E-state index is -0.146. The second-order valence-corrected chi connectivity index (χ2v) is 9.06. The average Bonchev–Trinajstić information content (AvgIpc) is 3.20. The second-order valence-electron chi connectivity index (χ2n) is 9.06. The molecule has 5 rings (SSSR count). The topological polar surface area (TPSA) is 80.6 Å². The molecule has 4 aliphatic rings. The molecule has 29 heavy (non-hydrogen) atoms. The molecule has 2 aliphatic carbocycles. The number of morpholine rings is 1. The third kappa shape index (κ3) is 2.98. The Hall–Kier alpha value is -1.96. The molecule has 0 bridgehead atoms. The number of nitrogens with zero attached hydrogens (tertiary/aromatic N) is 5. The van der Waals surface area contributed by atoms with Crippen molar-refractivity contribution in [3.05, 3.63) is 5.82 Å². The van der Waals surface area contributed by atoms with E-state index >= 15 is 0 Å². The molecule has 0 aromatic carbocycles. The van der Waals surface area contributed by atoms with Crippen molar-refractivity contribution in [2.24, 2.45) is 5.92 Å². The Morgan fingerprint density at radius 2 is 1.76 bits per heavy atom. The van der Waals surface area contributed by atoms with Gasteiger partial charge in [0.2, 0.25) is 17.7 Å². The van der Waals surface area contributed by atoms with E-state index < -0.39 is 0 Å². The van der Waals surface area contributed by atoms with Crippen LogP contribution in [0, 0.1) is 5.92 Å². The van der Waals surface area contributed by atoms with Crippen molar-refractivity contribution < 1.29 is 14.3 Å². The number of hydrogen-bond donors (Lipinski definition) is 0. The minimum absolute atomic E-state index is 0.00609. The summed E-state index contributed by atoms with van der Waals surface area (Å²) in [5.41, 5.74) is -0.0961. The molecule has 0 N–H and O–H groups in total. The molecule has 8 heteroatoms. The largest absolute Gasteiger partial charge is 0.378 e. The Labute approximate surface area is 171 Å². The molecule has 0 unspecified atom stereocenters. The predicted molar refractivity (Wildman–Crippen MR) is 107 cm³/mol. The molecule has 8 nitrogen and oxygen atoms in total. The van der Waals surface area contributed by atoms with Crippen LogP contribution in [0.3, 0.4) is 0 Å². The molecule has 3 heterocycles. The number of anilines is 1. The summed E-state index contributed by atoms with van der Waals surface area (Å²) in [7, 11) is 0. The molecule has 2 amide bonds. The summed E-state index contributed by atoms with van der Waals surface area (Å²) in [5, 5.41) is 4.81. The number of carbonyl (C=O) groups is 2. The Balaban J connectivity index is 1.60. The molecule has 1 saturated heterocycles. The van der Waals surface area contributed by atoms with Gasteiger partial charge in [0.25, 0.3) is 5.91 Å². The zero-order valence-corrected chi connectivity index (χ0v) is 17.3. The summed E-state index contributed by atoms with van der Waals surface area (Å²) >= 11 is 0. The number of fused-ring (bicyclic) bond motifs is 4. The van der Waals surface area contributed by atoms with Crippen LogP contribution in [0.15, 0.2) is 0 Å². The van der Waals surface area contributed by atoms with Gasteiger partial charge in [-0.25, -0.2) is 4.68 Å². The first-order valence-corrected chi connectivity index (χ1v) is 11.3. The Morgan fingerprint density at radius 3 is 2.48 bits per heavy atom. The zero-order valence-electron chi connectivity index (χ0n) is 17.3. The smallest absolute Gasteiger partial charge is 0.293 e. The van der Waals surface area contributed by atoms with Gasteiger partial charge >= 0.3 is 0 Å². The fourth-order valence-electron chi connectivity index (χ4n) is 6.23. The van der Waals surface area contributed by atoms with Crippen molar-refractivity contribution >= 4 is 17.8 Å². The number of amides is 2. The summed E-state index contributed by atoms with van der Waals surface area (Å²) in [6.45, 7) is 3.85. The highest BCUT2D eigenvalue weighted by Gasteiger charge is 2.54. The maximum Gasteiger partial charge on any atom is 0.293 e. The lowest BCUT2D eigenvalue weighted by Gasteiger charge is -2.55. The monoisotopic (exact) mass is 401 g/mol. The van der Waals surface area contributed by atoms with E-state index in [-0.39, 0.29) is 29.2 Å². The highest BCUT2D eigenvalue weighted by atomic mass is 16.5. The Kier molecular flexibility index (Phi) is 4.84. The van der Waals surface area contributed by atoms with Crippen LogP contribution in [-0.2, 0) is 15.1 Å². The summed E-state index contributed by atoms with van der Waals surface area (Å²) in [6.07, 6.45) is 10.2. The van der Waals surface area contributed by atoms with Crippen LogP contribution < -0.4 is 4.90 Å². The van der Waals surface area contributed by atoms with Crippen LogP contribution >= 0.6 is 0 Å². The highest BCUT2D eigenvalue weighted by molar-refractivity contribution is 5.94. The summed E-state index contributed by atoms with van der Waals surface area (Å²) in [5.74, 6) is 1.09. The van der Waals surface area contributed by atoms with Gasteiger partial charge in [-0.2, -0.15) is 4.98 Å². The van der Waals surface area contributed by atoms with Gasteiger partial charge in [-0.05, 0) is 25.7 Å². The fourth-order valence-corrected chi connectivity index (χ4v) is 6.23. The van der Waals surface area contributed by atoms with E-state index in [1.54, 1.807) is 11.8 Å². The van der Waals surface area contributed by atoms with Gasteiger partial charge < -0.3 is 9.64 Å². The lowest BCUT2D eigenvalue weighted by molar-refractivity contribution is -0.118. The fraction of sp³-hybridized carbons (Fsp3) is 0.810. The molecule has 158 valence electrons. The average molecular weight is 402 g/mol. The third-order valence-electron chi connectivity index (χ3n) is 7.53. The normalized spacial score (nSPS) is 28.7. The molecular weight excluding hydrogens is 370 g/mol. The lowest BCUT2D eigenvalue weighted by Crippen LogP contribution is -2.61. The van der Waals surface area contributed by atoms with Crippen LogP contribution in [0.4, 0.5) is 5.95 Å². The minimum Gasteiger partial charge on any atom is -0.378 e. The maximum absolute atomic E-state index is 13.1. The van der Waals surface area contributed by atoms with Gasteiger partial charge in [0.1, 0.15) is 0 Å². The quantitative estimate of drug-likeness (QED) is 0.722. The SMILES string of the molecule is CC(=O)N1c2nc(C(=O)N3CCOCC3)nn2C2(CCCCC2)[C@@H]2CCCC[C@@H]21. The standard InChI is InChI=1S/C21H31N5O3/c1-15(27)25-17-8-4-3-7-16(17)21(9-5-2-6-10-21)26-20(25)22-18(23-26)19(28)24-11-13-29-14-12-24/h16-17H,2-14H2,1H3/t16-,17+/m1/s1. The molecule has 1 aromatic rings. The first kappa shape index (κ1) is 19.0. The Bertz CT molecular complexity index is 794. The van der Waals surface area contributed by atoms with E-state index in [1.807, 2.05) is 9.58 Å². The molecular formula is C21H31N5O3. The van der Waals surface area contributed by atoms with Gasteiger partial charge in [0.05, 0.1) is 18.8 Å². The molecule has 2 atom stereocenters. The van der Waals surface area contributed by atoms with Crippen molar-refractivity contribution in [1.82, 2.24) is 19.7 Å². The van der Waals surface area contributed by atoms with Crippen LogP contribution in [0.25, 0.3) is 0 Å². The van der Waals surface area contributed by atoms with Crippen molar-refractivity contribution in [1.29, 1.82) is 0 Å². The molecule has 1 spiro atoms. The third-order valence-corrected chi connectivity index (χ3v) is 7.53. The maximum atomic E-state index is 13.1. The molecule has 1 aromatic heterocycles. The Morgan fingerprint density at radius 1 is 1.03 bits per heavy atom. The highest BCUT2D eigenvalue weighted by Crippen LogP contribution is 2.52. The number of hydrogen-bond acceptors (Lipinski definition) is 5. The number of carbonyl (C=O) groups excluding carboxylic acids is 2. The van der Waals surface area contributed by atoms with Crippen LogP contribution in [-0.4, -0.2) is 63.8 Å².